The average molecular weight is 356 g/mol. The third-order valence-electron chi connectivity index (χ3n) is 4.12. The number of anilines is 2. The molecule has 1 N–H and O–H groups in total. The molecule has 0 radical (unpaired) electrons. The minimum absolute atomic E-state index is 0.106. The van der Waals surface area contributed by atoms with Crippen LogP contribution in [0.1, 0.15) is 18.6 Å². The van der Waals surface area contributed by atoms with E-state index in [1.165, 1.54) is 19.1 Å². The Bertz CT molecular complexity index is 764. The molecule has 1 amide bonds. The molecule has 1 fully saturated rings. The predicted molar refractivity (Wildman–Crippen MR) is 102 cm³/mol. The zero-order chi connectivity index (χ0) is 18.4. The first-order valence-electron chi connectivity index (χ1n) is 8.69. The van der Waals surface area contributed by atoms with Gasteiger partial charge in [0.05, 0.1) is 6.21 Å². The van der Waals surface area contributed by atoms with E-state index in [9.17, 15) is 4.79 Å². The van der Waals surface area contributed by atoms with Crippen LogP contribution in [0.3, 0.4) is 0 Å². The molecule has 0 spiro atoms. The van der Waals surface area contributed by atoms with Gasteiger partial charge in [-0.1, -0.05) is 6.07 Å². The first kappa shape index (κ1) is 17.8. The molecule has 2 heterocycles. The highest BCUT2D eigenvalue weighted by molar-refractivity contribution is 5.81. The Morgan fingerprint density at radius 2 is 2.12 bits per heavy atom. The highest BCUT2D eigenvalue weighted by Crippen LogP contribution is 2.22. The van der Waals surface area contributed by atoms with E-state index in [0.29, 0.717) is 11.5 Å². The van der Waals surface area contributed by atoms with E-state index in [4.69, 9.17) is 9.15 Å². The highest BCUT2D eigenvalue weighted by atomic mass is 16.5. The van der Waals surface area contributed by atoms with Gasteiger partial charge in [-0.2, -0.15) is 5.10 Å². The summed E-state index contributed by atoms with van der Waals surface area (Å²) in [6.07, 6.45) is 3.87. The molecular weight excluding hydrogens is 332 g/mol. The van der Waals surface area contributed by atoms with Crippen LogP contribution < -0.4 is 20.0 Å². The number of ether oxygens (including phenoxy) is 1. The summed E-state index contributed by atoms with van der Waals surface area (Å²) in [6.45, 7) is 1.94. The Labute approximate surface area is 153 Å². The van der Waals surface area contributed by atoms with E-state index in [0.717, 1.165) is 24.7 Å². The van der Waals surface area contributed by atoms with Crippen molar-refractivity contribution in [3.05, 3.63) is 42.2 Å². The number of benzene rings is 1. The molecule has 1 aromatic carbocycles. The summed E-state index contributed by atoms with van der Waals surface area (Å²) in [5.41, 5.74) is 3.45. The van der Waals surface area contributed by atoms with Crippen molar-refractivity contribution in [2.45, 2.75) is 12.8 Å². The minimum Gasteiger partial charge on any atom is -0.484 e. The van der Waals surface area contributed by atoms with Crippen molar-refractivity contribution >= 4 is 23.7 Å². The molecule has 1 aliphatic rings. The number of rotatable bonds is 7. The third-order valence-corrected chi connectivity index (χ3v) is 4.12. The molecule has 138 valence electrons. The Morgan fingerprint density at radius 3 is 2.88 bits per heavy atom. The molecule has 2 aromatic rings. The fourth-order valence-electron chi connectivity index (χ4n) is 2.72. The monoisotopic (exact) mass is 356 g/mol. The molecule has 0 aliphatic carbocycles. The van der Waals surface area contributed by atoms with Crippen molar-refractivity contribution in [1.29, 1.82) is 0 Å². The minimum atomic E-state index is -0.331. The van der Waals surface area contributed by atoms with Crippen LogP contribution >= 0.6 is 0 Å². The lowest BCUT2D eigenvalue weighted by Gasteiger charge is -2.13. The van der Waals surface area contributed by atoms with Gasteiger partial charge in [-0.15, -0.1) is 0 Å². The zero-order valence-electron chi connectivity index (χ0n) is 15.1. The summed E-state index contributed by atoms with van der Waals surface area (Å²) < 4.78 is 11.2. The molecule has 1 aliphatic heterocycles. The van der Waals surface area contributed by atoms with Crippen LogP contribution in [0.15, 0.2) is 45.9 Å². The molecule has 1 saturated heterocycles. The van der Waals surface area contributed by atoms with Gasteiger partial charge in [0.15, 0.2) is 12.5 Å². The van der Waals surface area contributed by atoms with Crippen LogP contribution in [-0.2, 0) is 4.79 Å². The van der Waals surface area contributed by atoms with E-state index in [1.54, 1.807) is 0 Å². The van der Waals surface area contributed by atoms with Gasteiger partial charge in [-0.05, 0) is 31.0 Å². The lowest BCUT2D eigenvalue weighted by atomic mass is 10.3. The van der Waals surface area contributed by atoms with Crippen LogP contribution in [0, 0.1) is 0 Å². The smallest absolute Gasteiger partial charge is 0.277 e. The standard InChI is InChI=1S/C19H24N4O3/c1-22(2)15-6-5-7-16(12-15)25-14-18(24)21-20-13-17-8-9-19(26-17)23-10-3-4-11-23/h5-9,12-13H,3-4,10-11,14H2,1-2H3,(H,21,24)/b20-13+. The summed E-state index contributed by atoms with van der Waals surface area (Å²) >= 11 is 0. The molecule has 26 heavy (non-hydrogen) atoms. The fraction of sp³-hybridized carbons (Fsp3) is 0.368. The lowest BCUT2D eigenvalue weighted by molar-refractivity contribution is -0.123. The second-order valence-electron chi connectivity index (χ2n) is 6.34. The molecule has 0 bridgehead atoms. The summed E-state index contributed by atoms with van der Waals surface area (Å²) in [5.74, 6) is 1.76. The second-order valence-corrected chi connectivity index (χ2v) is 6.34. The number of furan rings is 1. The van der Waals surface area contributed by atoms with Gasteiger partial charge >= 0.3 is 0 Å². The Balaban J connectivity index is 1.45. The van der Waals surface area contributed by atoms with Gasteiger partial charge in [0.2, 0.25) is 0 Å². The van der Waals surface area contributed by atoms with Crippen LogP contribution in [0.4, 0.5) is 11.6 Å². The van der Waals surface area contributed by atoms with E-state index < -0.39 is 0 Å². The summed E-state index contributed by atoms with van der Waals surface area (Å²) in [6, 6.07) is 11.3. The molecule has 0 unspecified atom stereocenters. The molecule has 1 aromatic heterocycles. The SMILES string of the molecule is CN(C)c1cccc(OCC(=O)N/N=C/c2ccc(N3CCCC3)o2)c1. The van der Waals surface area contributed by atoms with Crippen molar-refractivity contribution in [1.82, 2.24) is 5.43 Å². The summed E-state index contributed by atoms with van der Waals surface area (Å²) in [5, 5.41) is 3.91. The zero-order valence-corrected chi connectivity index (χ0v) is 15.1. The second kappa shape index (κ2) is 8.42. The first-order chi connectivity index (χ1) is 12.6. The predicted octanol–water partition coefficient (Wildman–Crippen LogP) is 2.47. The molecule has 0 atom stereocenters. The number of hydrogen-bond donors (Lipinski definition) is 1. The van der Waals surface area contributed by atoms with Gasteiger partial charge in [-0.25, -0.2) is 5.43 Å². The van der Waals surface area contributed by atoms with E-state index in [1.807, 2.05) is 55.4 Å². The normalized spacial score (nSPS) is 14.0. The third kappa shape index (κ3) is 4.78. The highest BCUT2D eigenvalue weighted by Gasteiger charge is 2.15. The quantitative estimate of drug-likeness (QED) is 0.610. The summed E-state index contributed by atoms with van der Waals surface area (Å²) in [4.78, 5) is 16.0. The Morgan fingerprint density at radius 1 is 1.31 bits per heavy atom. The van der Waals surface area contributed by atoms with Crippen LogP contribution in [-0.4, -0.2) is 45.9 Å². The molecule has 7 heteroatoms. The molecular formula is C19H24N4O3. The topological polar surface area (TPSA) is 70.3 Å². The van der Waals surface area contributed by atoms with Crippen molar-refractivity contribution < 1.29 is 13.9 Å². The molecule has 7 nitrogen and oxygen atoms in total. The van der Waals surface area contributed by atoms with E-state index >= 15 is 0 Å². The number of nitrogens with one attached hydrogen (secondary N) is 1. The van der Waals surface area contributed by atoms with Crippen molar-refractivity contribution in [3.63, 3.8) is 0 Å². The van der Waals surface area contributed by atoms with Gasteiger partial charge in [-0.3, -0.25) is 4.79 Å². The maximum absolute atomic E-state index is 11.8. The van der Waals surface area contributed by atoms with Crippen molar-refractivity contribution in [2.75, 3.05) is 43.6 Å². The van der Waals surface area contributed by atoms with Crippen LogP contribution in [0.25, 0.3) is 0 Å². The molecule has 3 rings (SSSR count). The van der Waals surface area contributed by atoms with Crippen LogP contribution in [0.5, 0.6) is 5.75 Å². The van der Waals surface area contributed by atoms with E-state index in [2.05, 4.69) is 15.4 Å². The maximum Gasteiger partial charge on any atom is 0.277 e. The first-order valence-corrected chi connectivity index (χ1v) is 8.69. The lowest BCUT2D eigenvalue weighted by Crippen LogP contribution is -2.24. The van der Waals surface area contributed by atoms with Crippen LogP contribution in [0.2, 0.25) is 0 Å². The Hall–Kier alpha value is -2.96. The largest absolute Gasteiger partial charge is 0.484 e. The van der Waals surface area contributed by atoms with Gasteiger partial charge < -0.3 is 19.0 Å². The van der Waals surface area contributed by atoms with Crippen molar-refractivity contribution in [3.8, 4) is 5.75 Å². The number of nitrogens with zero attached hydrogens (tertiary/aromatic N) is 3. The summed E-state index contributed by atoms with van der Waals surface area (Å²) in [7, 11) is 3.90. The number of carbonyl (C=O) groups is 1. The maximum atomic E-state index is 11.8. The number of carbonyl (C=O) groups excluding carboxylic acids is 1. The Kier molecular flexibility index (Phi) is 5.78. The molecule has 0 saturated carbocycles. The number of hydrogen-bond acceptors (Lipinski definition) is 6. The van der Waals surface area contributed by atoms with Gasteiger partial charge in [0, 0.05) is 45.0 Å². The number of hydrazone groups is 1. The fourth-order valence-corrected chi connectivity index (χ4v) is 2.72. The van der Waals surface area contributed by atoms with E-state index in [-0.39, 0.29) is 12.5 Å². The number of amides is 1. The van der Waals surface area contributed by atoms with Crippen molar-refractivity contribution in [2.24, 2.45) is 5.10 Å². The average Bonchev–Trinajstić information content (AvgIpc) is 3.31. The van der Waals surface area contributed by atoms with Gasteiger partial charge in [0.1, 0.15) is 11.5 Å². The van der Waals surface area contributed by atoms with Gasteiger partial charge in [0.25, 0.3) is 5.91 Å².